The zero-order valence-corrected chi connectivity index (χ0v) is 13.9. The van der Waals surface area contributed by atoms with Crippen LogP contribution in [0, 0.1) is 0 Å². The van der Waals surface area contributed by atoms with Crippen molar-refractivity contribution in [3.8, 4) is 0 Å². The van der Waals surface area contributed by atoms with Gasteiger partial charge in [-0.05, 0) is 24.1 Å². The second-order valence-electron chi connectivity index (χ2n) is 4.74. The number of fused-ring (bicyclic) bond motifs is 1. The summed E-state index contributed by atoms with van der Waals surface area (Å²) in [6, 6.07) is 7.41. The Hall–Kier alpha value is -1.18. The number of halogens is 1. The van der Waals surface area contributed by atoms with Crippen molar-refractivity contribution < 1.29 is 8.42 Å². The van der Waals surface area contributed by atoms with Gasteiger partial charge in [-0.2, -0.15) is 0 Å². The molecule has 1 aromatic rings. The molecule has 0 saturated carbocycles. The van der Waals surface area contributed by atoms with Gasteiger partial charge < -0.3 is 4.90 Å². The van der Waals surface area contributed by atoms with Gasteiger partial charge in [0.2, 0.25) is 10.0 Å². The third-order valence-corrected chi connectivity index (χ3v) is 4.58. The number of benzene rings is 1. The van der Waals surface area contributed by atoms with E-state index >= 15 is 0 Å². The summed E-state index contributed by atoms with van der Waals surface area (Å²) in [6.07, 6.45) is 2.21. The van der Waals surface area contributed by atoms with Crippen molar-refractivity contribution in [1.82, 2.24) is 4.90 Å². The molecule has 3 rings (SSSR count). The fourth-order valence-corrected chi connectivity index (χ4v) is 3.76. The van der Waals surface area contributed by atoms with Gasteiger partial charge in [-0.15, -0.1) is 12.4 Å². The van der Waals surface area contributed by atoms with Crippen LogP contribution in [0.15, 0.2) is 34.7 Å². The average Bonchev–Trinajstić information content (AvgIpc) is 2.82. The zero-order valence-electron chi connectivity index (χ0n) is 11.4. The van der Waals surface area contributed by atoms with E-state index in [0.717, 1.165) is 42.2 Å². The third kappa shape index (κ3) is 3.72. The first-order valence-electron chi connectivity index (χ1n) is 6.30. The summed E-state index contributed by atoms with van der Waals surface area (Å²) >= 11 is 1.65. The molecule has 0 atom stereocenters. The monoisotopic (exact) mass is 345 g/mol. The molecule has 2 aliphatic rings. The highest BCUT2D eigenvalue weighted by Gasteiger charge is 2.25. The van der Waals surface area contributed by atoms with E-state index in [4.69, 9.17) is 0 Å². The highest BCUT2D eigenvalue weighted by atomic mass is 35.5. The molecular weight excluding hydrogens is 330 g/mol. The first-order chi connectivity index (χ1) is 9.53. The van der Waals surface area contributed by atoms with E-state index < -0.39 is 10.0 Å². The van der Waals surface area contributed by atoms with Gasteiger partial charge in [-0.1, -0.05) is 23.9 Å². The molecule has 21 heavy (non-hydrogen) atoms. The second kappa shape index (κ2) is 6.29. The zero-order chi connectivity index (χ0) is 14.2. The van der Waals surface area contributed by atoms with Crippen LogP contribution in [0.5, 0.6) is 0 Å². The molecule has 1 N–H and O–H groups in total. The van der Waals surface area contributed by atoms with E-state index in [0.29, 0.717) is 5.69 Å². The Morgan fingerprint density at radius 2 is 2.00 bits per heavy atom. The lowest BCUT2D eigenvalue weighted by Gasteiger charge is -2.25. The number of aliphatic imine (C=N–C) groups is 1. The van der Waals surface area contributed by atoms with Crippen molar-refractivity contribution in [2.24, 2.45) is 4.99 Å². The van der Waals surface area contributed by atoms with Crippen molar-refractivity contribution in [3.63, 3.8) is 0 Å². The minimum Gasteiger partial charge on any atom is -0.320 e. The number of nitrogens with zero attached hydrogens (tertiary/aromatic N) is 2. The maximum atomic E-state index is 11.2. The number of amidine groups is 1. The SMILES string of the molecule is CS(=O)(=O)Nc1ccc(C2=CSC3=NCCCN23)cc1.Cl. The molecular formula is C13H16ClN3O2S2. The van der Waals surface area contributed by atoms with Crippen LogP contribution in [0.2, 0.25) is 0 Å². The highest BCUT2D eigenvalue weighted by molar-refractivity contribution is 8.16. The molecule has 0 amide bonds. The summed E-state index contributed by atoms with van der Waals surface area (Å²) in [5.74, 6) is 0. The van der Waals surface area contributed by atoms with Crippen molar-refractivity contribution in [1.29, 1.82) is 0 Å². The van der Waals surface area contributed by atoms with Crippen LogP contribution >= 0.6 is 24.2 Å². The Labute approximate surface area is 135 Å². The van der Waals surface area contributed by atoms with Crippen LogP contribution in [0.3, 0.4) is 0 Å². The molecule has 0 bridgehead atoms. The van der Waals surface area contributed by atoms with Crippen LogP contribution < -0.4 is 4.72 Å². The molecule has 1 aromatic carbocycles. The van der Waals surface area contributed by atoms with Gasteiger partial charge in [0, 0.05) is 24.2 Å². The van der Waals surface area contributed by atoms with Crippen LogP contribution in [-0.2, 0) is 10.0 Å². The molecule has 0 spiro atoms. The van der Waals surface area contributed by atoms with Gasteiger partial charge in [0.25, 0.3) is 0 Å². The Balaban J connectivity index is 0.00000161. The summed E-state index contributed by atoms with van der Waals surface area (Å²) in [5, 5.41) is 3.16. The molecule has 0 unspecified atom stereocenters. The fraction of sp³-hybridized carbons (Fsp3) is 0.308. The second-order valence-corrected chi connectivity index (χ2v) is 7.33. The molecule has 0 radical (unpaired) electrons. The van der Waals surface area contributed by atoms with E-state index in [1.165, 1.54) is 0 Å². The van der Waals surface area contributed by atoms with Gasteiger partial charge in [0.05, 0.1) is 12.0 Å². The first-order valence-corrected chi connectivity index (χ1v) is 9.07. The van der Waals surface area contributed by atoms with Crippen LogP contribution in [0.25, 0.3) is 5.70 Å². The quantitative estimate of drug-likeness (QED) is 0.914. The van der Waals surface area contributed by atoms with E-state index in [9.17, 15) is 8.42 Å². The lowest BCUT2D eigenvalue weighted by Crippen LogP contribution is -2.28. The molecule has 0 aromatic heterocycles. The first kappa shape index (κ1) is 16.2. The lowest BCUT2D eigenvalue weighted by molar-refractivity contribution is 0.542. The number of rotatable bonds is 3. The lowest BCUT2D eigenvalue weighted by atomic mass is 10.1. The largest absolute Gasteiger partial charge is 0.320 e. The minimum absolute atomic E-state index is 0. The number of sulfonamides is 1. The van der Waals surface area contributed by atoms with E-state index in [-0.39, 0.29) is 12.4 Å². The smallest absolute Gasteiger partial charge is 0.229 e. The topological polar surface area (TPSA) is 61.8 Å². The van der Waals surface area contributed by atoms with E-state index in [1.807, 2.05) is 12.1 Å². The number of hydrogen-bond donors (Lipinski definition) is 1. The van der Waals surface area contributed by atoms with Crippen molar-refractivity contribution >= 4 is 50.7 Å². The summed E-state index contributed by atoms with van der Waals surface area (Å²) in [4.78, 5) is 6.71. The summed E-state index contributed by atoms with van der Waals surface area (Å²) in [7, 11) is -3.23. The van der Waals surface area contributed by atoms with E-state index in [1.54, 1.807) is 23.9 Å². The molecule has 2 heterocycles. The normalized spacial score (nSPS) is 17.5. The molecule has 114 valence electrons. The Bertz CT molecular complexity index is 684. The van der Waals surface area contributed by atoms with Gasteiger partial charge >= 0.3 is 0 Å². The predicted octanol–water partition coefficient (Wildman–Crippen LogP) is 2.59. The number of anilines is 1. The maximum Gasteiger partial charge on any atom is 0.229 e. The third-order valence-electron chi connectivity index (χ3n) is 3.07. The molecule has 5 nitrogen and oxygen atoms in total. The molecule has 0 saturated heterocycles. The Morgan fingerprint density at radius 1 is 1.29 bits per heavy atom. The minimum atomic E-state index is -3.23. The number of nitrogens with one attached hydrogen (secondary N) is 1. The molecule has 8 heteroatoms. The van der Waals surface area contributed by atoms with Crippen LogP contribution in [-0.4, -0.2) is 37.8 Å². The van der Waals surface area contributed by atoms with Crippen LogP contribution in [0.4, 0.5) is 5.69 Å². The average molecular weight is 346 g/mol. The van der Waals surface area contributed by atoms with Crippen LogP contribution in [0.1, 0.15) is 12.0 Å². The predicted molar refractivity (Wildman–Crippen MR) is 91.3 cm³/mol. The van der Waals surface area contributed by atoms with Gasteiger partial charge in [0.15, 0.2) is 5.17 Å². The van der Waals surface area contributed by atoms with Gasteiger partial charge in [-0.3, -0.25) is 9.71 Å². The fourth-order valence-electron chi connectivity index (χ4n) is 2.23. The van der Waals surface area contributed by atoms with Gasteiger partial charge in [-0.25, -0.2) is 8.42 Å². The van der Waals surface area contributed by atoms with Crippen molar-refractivity contribution in [3.05, 3.63) is 35.2 Å². The standard InChI is InChI=1S/C13H15N3O2S2.ClH/c1-20(17,18)15-11-5-3-10(4-6-11)12-9-19-13-14-7-2-8-16(12)13;/h3-6,9,15H,2,7-8H2,1H3;1H. The van der Waals surface area contributed by atoms with Gasteiger partial charge in [0.1, 0.15) is 0 Å². The number of hydrogen-bond acceptors (Lipinski definition) is 5. The summed E-state index contributed by atoms with van der Waals surface area (Å²) < 4.78 is 24.8. The van der Waals surface area contributed by atoms with Crippen molar-refractivity contribution in [2.45, 2.75) is 6.42 Å². The molecule has 0 fully saturated rings. The summed E-state index contributed by atoms with van der Waals surface area (Å²) in [5.41, 5.74) is 2.79. The summed E-state index contributed by atoms with van der Waals surface area (Å²) in [6.45, 7) is 1.89. The molecule has 0 aliphatic carbocycles. The highest BCUT2D eigenvalue weighted by Crippen LogP contribution is 2.35. The number of thioether (sulfide) groups is 1. The van der Waals surface area contributed by atoms with E-state index in [2.05, 4.69) is 20.0 Å². The Kier molecular flexibility index (Phi) is 4.85. The van der Waals surface area contributed by atoms with Crippen molar-refractivity contribution in [2.75, 3.05) is 24.1 Å². The molecule has 2 aliphatic heterocycles. The maximum absolute atomic E-state index is 11.2. The Morgan fingerprint density at radius 3 is 2.67 bits per heavy atom.